The smallest absolute Gasteiger partial charge is 0.0547 e. The number of nitrogens with zero attached hydrogens (tertiary/aromatic N) is 1. The minimum Gasteiger partial charge on any atom is -0.310 e. The van der Waals surface area contributed by atoms with Gasteiger partial charge < -0.3 is 4.90 Å². The van der Waals surface area contributed by atoms with Crippen LogP contribution >= 0.6 is 11.3 Å². The Morgan fingerprint density at radius 3 is 1.73 bits per heavy atom. The van der Waals surface area contributed by atoms with E-state index in [2.05, 4.69) is 207 Å². The Bertz CT molecular complexity index is 3100. The summed E-state index contributed by atoms with van der Waals surface area (Å²) in [7, 11) is 0. The number of hydrogen-bond donors (Lipinski definition) is 0. The van der Waals surface area contributed by atoms with E-state index in [-0.39, 0.29) is 5.41 Å². The van der Waals surface area contributed by atoms with Crippen LogP contribution in [0.3, 0.4) is 0 Å². The highest BCUT2D eigenvalue weighted by atomic mass is 32.1. The first-order valence-electron chi connectivity index (χ1n) is 19.1. The lowest BCUT2D eigenvalue weighted by atomic mass is 9.82. The van der Waals surface area contributed by atoms with Gasteiger partial charge in [-0.2, -0.15) is 0 Å². The van der Waals surface area contributed by atoms with Gasteiger partial charge in [0.05, 0.1) is 5.69 Å². The molecule has 0 unspecified atom stereocenters. The zero-order chi connectivity index (χ0) is 36.7. The van der Waals surface area contributed by atoms with Crippen LogP contribution < -0.4 is 4.90 Å². The number of anilines is 3. The largest absolute Gasteiger partial charge is 0.310 e. The fourth-order valence-electron chi connectivity index (χ4n) is 9.25. The van der Waals surface area contributed by atoms with Gasteiger partial charge in [-0.3, -0.25) is 0 Å². The van der Waals surface area contributed by atoms with Crippen molar-refractivity contribution in [1.29, 1.82) is 0 Å². The summed E-state index contributed by atoms with van der Waals surface area (Å²) in [6.45, 7) is 4.74. The minimum atomic E-state index is -0.124. The predicted molar refractivity (Wildman–Crippen MR) is 237 cm³/mol. The maximum atomic E-state index is 2.50. The second kappa shape index (κ2) is 12.3. The van der Waals surface area contributed by atoms with E-state index in [0.29, 0.717) is 0 Å². The molecule has 10 aromatic rings. The van der Waals surface area contributed by atoms with Gasteiger partial charge in [-0.1, -0.05) is 166 Å². The predicted octanol–water partition coefficient (Wildman–Crippen LogP) is 15.5. The summed E-state index contributed by atoms with van der Waals surface area (Å²) in [6, 6.07) is 69.5. The van der Waals surface area contributed by atoms with Crippen LogP contribution in [0.1, 0.15) is 25.0 Å². The summed E-state index contributed by atoms with van der Waals surface area (Å²) in [5, 5.41) is 7.86. The molecule has 1 aliphatic carbocycles. The van der Waals surface area contributed by atoms with Crippen LogP contribution in [0.5, 0.6) is 0 Å². The summed E-state index contributed by atoms with van der Waals surface area (Å²) in [4.78, 5) is 2.50. The topological polar surface area (TPSA) is 3.24 Å². The number of fused-ring (bicyclic) bond motifs is 11. The van der Waals surface area contributed by atoms with E-state index in [1.54, 1.807) is 0 Å². The van der Waals surface area contributed by atoms with Crippen LogP contribution in [-0.2, 0) is 5.41 Å². The van der Waals surface area contributed by atoms with Crippen LogP contribution in [0.4, 0.5) is 17.1 Å². The average molecular weight is 720 g/mol. The van der Waals surface area contributed by atoms with E-state index < -0.39 is 0 Å². The third kappa shape index (κ3) is 4.85. The molecule has 55 heavy (non-hydrogen) atoms. The lowest BCUT2D eigenvalue weighted by molar-refractivity contribution is 0.660. The van der Waals surface area contributed by atoms with Gasteiger partial charge in [-0.25, -0.2) is 0 Å². The van der Waals surface area contributed by atoms with E-state index in [1.165, 1.54) is 86.2 Å². The van der Waals surface area contributed by atoms with Crippen LogP contribution in [0, 0.1) is 0 Å². The van der Waals surface area contributed by atoms with Gasteiger partial charge >= 0.3 is 0 Å². The van der Waals surface area contributed by atoms with Crippen LogP contribution in [-0.4, -0.2) is 0 Å². The fourth-order valence-corrected chi connectivity index (χ4v) is 10.5. The molecule has 0 radical (unpaired) electrons. The second-order valence-corrected chi connectivity index (χ2v) is 16.3. The molecule has 0 spiro atoms. The lowest BCUT2D eigenvalue weighted by Gasteiger charge is -2.30. The Morgan fingerprint density at radius 2 is 0.982 bits per heavy atom. The molecule has 1 aliphatic rings. The van der Waals surface area contributed by atoms with Crippen molar-refractivity contribution in [2.75, 3.05) is 4.90 Å². The Kier molecular flexibility index (Phi) is 7.14. The van der Waals surface area contributed by atoms with Crippen molar-refractivity contribution in [1.82, 2.24) is 0 Å². The maximum Gasteiger partial charge on any atom is 0.0547 e. The number of hydrogen-bond acceptors (Lipinski definition) is 2. The molecule has 0 saturated carbocycles. The monoisotopic (exact) mass is 719 g/mol. The molecule has 0 aliphatic heterocycles. The molecule has 0 fully saturated rings. The van der Waals surface area contributed by atoms with Gasteiger partial charge in [0.25, 0.3) is 0 Å². The van der Waals surface area contributed by atoms with Crippen molar-refractivity contribution < 1.29 is 0 Å². The third-order valence-corrected chi connectivity index (χ3v) is 13.0. The summed E-state index contributed by atoms with van der Waals surface area (Å²) < 4.78 is 2.64. The van der Waals surface area contributed by atoms with E-state index >= 15 is 0 Å². The van der Waals surface area contributed by atoms with Crippen molar-refractivity contribution in [3.63, 3.8) is 0 Å². The third-order valence-electron chi connectivity index (χ3n) is 11.9. The minimum absolute atomic E-state index is 0.124. The van der Waals surface area contributed by atoms with Crippen LogP contribution in [0.15, 0.2) is 188 Å². The number of benzene rings is 9. The molecule has 0 bridgehead atoms. The SMILES string of the molecule is CC1(C)c2ccccc2-c2ccc(N(c3ccc(-c4ccccc4)cc3)c3ccc4sc5c6ccccc6c6ccccc6c5c4c3-c3ccccc3)cc21. The molecule has 1 nitrogen and oxygen atoms in total. The van der Waals surface area contributed by atoms with Gasteiger partial charge in [0.15, 0.2) is 0 Å². The normalized spacial score (nSPS) is 13.1. The Labute approximate surface area is 325 Å². The van der Waals surface area contributed by atoms with E-state index in [4.69, 9.17) is 0 Å². The Morgan fingerprint density at radius 1 is 0.418 bits per heavy atom. The highest BCUT2D eigenvalue weighted by Gasteiger charge is 2.36. The maximum absolute atomic E-state index is 2.50. The summed E-state index contributed by atoms with van der Waals surface area (Å²) in [5.41, 5.74) is 13.6. The first kappa shape index (κ1) is 32.0. The van der Waals surface area contributed by atoms with Crippen molar-refractivity contribution in [2.24, 2.45) is 0 Å². The molecular formula is C53H37NS. The van der Waals surface area contributed by atoms with Gasteiger partial charge in [-0.05, 0) is 91.5 Å². The Balaban J connectivity index is 1.24. The van der Waals surface area contributed by atoms with Gasteiger partial charge in [0.1, 0.15) is 0 Å². The zero-order valence-electron chi connectivity index (χ0n) is 30.8. The molecule has 11 rings (SSSR count). The summed E-state index contributed by atoms with van der Waals surface area (Å²) in [6.07, 6.45) is 0. The molecule has 1 aromatic heterocycles. The highest BCUT2D eigenvalue weighted by molar-refractivity contribution is 7.27. The van der Waals surface area contributed by atoms with Crippen LogP contribution in [0.2, 0.25) is 0 Å². The lowest BCUT2D eigenvalue weighted by Crippen LogP contribution is -2.17. The molecule has 1 heterocycles. The number of thiophene rings is 1. The summed E-state index contributed by atoms with van der Waals surface area (Å²) in [5.74, 6) is 0. The molecular weight excluding hydrogens is 683 g/mol. The van der Waals surface area contributed by atoms with Crippen molar-refractivity contribution in [2.45, 2.75) is 19.3 Å². The van der Waals surface area contributed by atoms with Crippen molar-refractivity contribution >= 4 is 70.1 Å². The van der Waals surface area contributed by atoms with Crippen LogP contribution in [0.25, 0.3) is 75.1 Å². The standard InChI is InChI=1S/C53H37NS/c1-53(2)45-24-14-13-21-41(45)42-30-29-38(33-46(42)53)54(37-27-25-35(26-28-37)34-15-5-3-6-16-34)47-31-32-48-51(49(47)36-17-7-4-8-18-36)50-43-22-11-9-19-39(43)40-20-10-12-23-44(40)52(50)55-48/h3-33H,1-2H3. The highest BCUT2D eigenvalue weighted by Crippen LogP contribution is 2.54. The molecule has 0 amide bonds. The van der Waals surface area contributed by atoms with Gasteiger partial charge in [0.2, 0.25) is 0 Å². The number of rotatable bonds is 5. The zero-order valence-corrected chi connectivity index (χ0v) is 31.6. The Hall–Kier alpha value is -6.48. The van der Waals surface area contributed by atoms with Gasteiger partial charge in [-0.15, -0.1) is 11.3 Å². The molecule has 0 N–H and O–H groups in total. The van der Waals surface area contributed by atoms with Crippen molar-refractivity contribution in [3.05, 3.63) is 199 Å². The first-order chi connectivity index (χ1) is 27.1. The molecule has 2 heteroatoms. The molecule has 0 atom stereocenters. The van der Waals surface area contributed by atoms with E-state index in [0.717, 1.165) is 17.1 Å². The van der Waals surface area contributed by atoms with Gasteiger partial charge in [0, 0.05) is 47.9 Å². The second-order valence-electron chi connectivity index (χ2n) is 15.2. The quantitative estimate of drug-likeness (QED) is 0.160. The first-order valence-corrected chi connectivity index (χ1v) is 19.9. The summed E-state index contributed by atoms with van der Waals surface area (Å²) >= 11 is 1.92. The molecule has 9 aromatic carbocycles. The van der Waals surface area contributed by atoms with Crippen molar-refractivity contribution in [3.8, 4) is 33.4 Å². The molecule has 0 saturated heterocycles. The fraction of sp³-hybridized carbons (Fsp3) is 0.0566. The average Bonchev–Trinajstić information content (AvgIpc) is 3.75. The molecule has 260 valence electrons. The van der Waals surface area contributed by atoms with E-state index in [1.807, 2.05) is 11.3 Å². The van der Waals surface area contributed by atoms with E-state index in [9.17, 15) is 0 Å².